The Morgan fingerprint density at radius 1 is 1.06 bits per heavy atom. The number of Topliss-reactive ketones (excluding diaryl/α,β-unsaturated/α-hetero) is 3. The van der Waals surface area contributed by atoms with Crippen LogP contribution < -0.4 is 0 Å². The molecule has 1 saturated heterocycles. The van der Waals surface area contributed by atoms with E-state index in [0.29, 0.717) is 0 Å². The highest BCUT2D eigenvalue weighted by atomic mass is 19.1. The molecule has 2 aromatic carbocycles. The summed E-state index contributed by atoms with van der Waals surface area (Å²) in [5.41, 5.74) is -1.27. The zero-order valence-electron chi connectivity index (χ0n) is 17.4. The highest BCUT2D eigenvalue weighted by molar-refractivity contribution is 6.35. The van der Waals surface area contributed by atoms with Crippen molar-refractivity contribution in [3.63, 3.8) is 0 Å². The fourth-order valence-electron chi connectivity index (χ4n) is 5.16. The summed E-state index contributed by atoms with van der Waals surface area (Å²) in [6, 6.07) is 13.8. The SMILES string of the molecule is CN1C[C@H](c2ccc([N+](=O)[O-])o2)[C@@H](C(=O)c2ccc(F)cc2)C12C(=O)c1ccccc1C2=O. The number of ketones is 3. The molecule has 33 heavy (non-hydrogen) atoms. The van der Waals surface area contributed by atoms with Crippen LogP contribution in [0.25, 0.3) is 0 Å². The third-order valence-electron chi connectivity index (χ3n) is 6.60. The molecule has 1 aromatic heterocycles. The largest absolute Gasteiger partial charge is 0.433 e. The van der Waals surface area contributed by atoms with Crippen LogP contribution in [-0.4, -0.2) is 46.3 Å². The molecule has 0 bridgehead atoms. The molecule has 0 saturated carbocycles. The van der Waals surface area contributed by atoms with Crippen LogP contribution in [0.4, 0.5) is 10.3 Å². The lowest BCUT2D eigenvalue weighted by molar-refractivity contribution is -0.402. The molecule has 2 heterocycles. The third-order valence-corrected chi connectivity index (χ3v) is 6.60. The summed E-state index contributed by atoms with van der Waals surface area (Å²) in [5.74, 6) is -4.52. The molecule has 0 radical (unpaired) electrons. The van der Waals surface area contributed by atoms with Crippen LogP contribution in [0.2, 0.25) is 0 Å². The van der Waals surface area contributed by atoms with E-state index in [1.807, 2.05) is 0 Å². The maximum absolute atomic E-state index is 13.8. The number of halogens is 1. The molecule has 166 valence electrons. The Kier molecular flexibility index (Phi) is 4.61. The number of likely N-dealkylation sites (tertiary alicyclic amines) is 1. The predicted octanol–water partition coefficient (Wildman–Crippen LogP) is 3.67. The number of nitro groups is 1. The first-order valence-electron chi connectivity index (χ1n) is 10.2. The summed E-state index contributed by atoms with van der Waals surface area (Å²) >= 11 is 0. The highest BCUT2D eigenvalue weighted by Gasteiger charge is 2.68. The Hall–Kier alpha value is -3.98. The second-order valence-corrected chi connectivity index (χ2v) is 8.24. The van der Waals surface area contributed by atoms with E-state index in [0.717, 1.165) is 12.1 Å². The summed E-state index contributed by atoms with van der Waals surface area (Å²) in [6.45, 7) is 0.0771. The van der Waals surface area contributed by atoms with Crippen molar-refractivity contribution in [3.05, 3.63) is 99.0 Å². The summed E-state index contributed by atoms with van der Waals surface area (Å²) in [7, 11) is 1.57. The number of carbonyl (C=O) groups is 3. The van der Waals surface area contributed by atoms with Gasteiger partial charge in [0, 0.05) is 29.2 Å². The lowest BCUT2D eigenvalue weighted by Gasteiger charge is -2.33. The van der Waals surface area contributed by atoms with Gasteiger partial charge >= 0.3 is 5.88 Å². The summed E-state index contributed by atoms with van der Waals surface area (Å²) in [6.07, 6.45) is 0. The monoisotopic (exact) mass is 448 g/mol. The second kappa shape index (κ2) is 7.28. The van der Waals surface area contributed by atoms with Gasteiger partial charge in [0.1, 0.15) is 16.5 Å². The van der Waals surface area contributed by atoms with Crippen molar-refractivity contribution in [1.82, 2.24) is 4.90 Å². The van der Waals surface area contributed by atoms with Crippen molar-refractivity contribution in [2.24, 2.45) is 5.92 Å². The summed E-state index contributed by atoms with van der Waals surface area (Å²) < 4.78 is 18.9. The molecule has 0 amide bonds. The van der Waals surface area contributed by atoms with Crippen LogP contribution in [0.5, 0.6) is 0 Å². The fraction of sp³-hybridized carbons (Fsp3) is 0.208. The first-order chi connectivity index (χ1) is 15.8. The molecule has 2 aliphatic rings. The Labute approximate surface area is 186 Å². The van der Waals surface area contributed by atoms with E-state index in [9.17, 15) is 28.9 Å². The van der Waals surface area contributed by atoms with Crippen molar-refractivity contribution in [2.45, 2.75) is 11.5 Å². The molecule has 1 aliphatic heterocycles. The first kappa shape index (κ1) is 20.9. The van der Waals surface area contributed by atoms with Gasteiger partial charge in [-0.1, -0.05) is 24.3 Å². The Morgan fingerprint density at radius 3 is 2.21 bits per heavy atom. The molecule has 8 nitrogen and oxygen atoms in total. The zero-order chi connectivity index (χ0) is 23.5. The van der Waals surface area contributed by atoms with Gasteiger partial charge in [-0.05, 0) is 37.4 Å². The number of carbonyl (C=O) groups excluding carboxylic acids is 3. The number of hydrogen-bond donors (Lipinski definition) is 0. The van der Waals surface area contributed by atoms with Crippen LogP contribution >= 0.6 is 0 Å². The molecule has 1 aliphatic carbocycles. The van der Waals surface area contributed by atoms with E-state index < -0.39 is 51.3 Å². The van der Waals surface area contributed by atoms with Crippen molar-refractivity contribution in [1.29, 1.82) is 0 Å². The molecular weight excluding hydrogens is 431 g/mol. The van der Waals surface area contributed by atoms with E-state index in [4.69, 9.17) is 4.42 Å². The number of benzene rings is 2. The Morgan fingerprint density at radius 2 is 1.67 bits per heavy atom. The molecule has 1 spiro atoms. The molecular formula is C24H17FN2O6. The highest BCUT2D eigenvalue weighted by Crippen LogP contribution is 2.51. The lowest BCUT2D eigenvalue weighted by Crippen LogP contribution is -2.57. The van der Waals surface area contributed by atoms with Crippen molar-refractivity contribution >= 4 is 23.2 Å². The minimum absolute atomic E-state index is 0.0771. The first-order valence-corrected chi connectivity index (χ1v) is 10.2. The van der Waals surface area contributed by atoms with Crippen molar-refractivity contribution in [3.8, 4) is 0 Å². The quantitative estimate of drug-likeness (QED) is 0.259. The number of rotatable bonds is 4. The van der Waals surface area contributed by atoms with E-state index in [1.165, 1.54) is 29.2 Å². The molecule has 5 rings (SSSR count). The van der Waals surface area contributed by atoms with Gasteiger partial charge in [0.25, 0.3) is 0 Å². The normalized spacial score (nSPS) is 21.5. The average molecular weight is 448 g/mol. The Bertz CT molecular complexity index is 1290. The number of hydrogen-bond acceptors (Lipinski definition) is 7. The molecule has 1 fully saturated rings. The van der Waals surface area contributed by atoms with Gasteiger partial charge < -0.3 is 4.42 Å². The van der Waals surface area contributed by atoms with E-state index >= 15 is 0 Å². The van der Waals surface area contributed by atoms with Gasteiger partial charge in [-0.15, -0.1) is 0 Å². The molecule has 9 heteroatoms. The topological polar surface area (TPSA) is 111 Å². The van der Waals surface area contributed by atoms with Crippen LogP contribution in [0, 0.1) is 21.8 Å². The number of nitrogens with zero attached hydrogens (tertiary/aromatic N) is 2. The second-order valence-electron chi connectivity index (χ2n) is 8.24. The number of likely N-dealkylation sites (N-methyl/N-ethyl adjacent to an activating group) is 1. The minimum Gasteiger partial charge on any atom is -0.405 e. The van der Waals surface area contributed by atoms with Crippen LogP contribution in [0.15, 0.2) is 65.1 Å². The van der Waals surface area contributed by atoms with Crippen LogP contribution in [0.1, 0.15) is 42.8 Å². The van der Waals surface area contributed by atoms with Crippen molar-refractivity contribution in [2.75, 3.05) is 13.6 Å². The van der Waals surface area contributed by atoms with Gasteiger partial charge in [0.2, 0.25) is 0 Å². The predicted molar refractivity (Wildman–Crippen MR) is 113 cm³/mol. The number of furan rings is 1. The maximum Gasteiger partial charge on any atom is 0.433 e. The standard InChI is InChI=1S/C24H17FN2O6/c1-26-12-17(18-10-11-19(33-18)27(31)32)20(21(28)13-6-8-14(25)9-7-13)24(26)22(29)15-4-2-3-5-16(15)23(24)30/h2-11,17,20H,12H2,1H3/t17-,20+/m1/s1. The van der Waals surface area contributed by atoms with Crippen molar-refractivity contribution < 1.29 is 28.1 Å². The molecule has 0 unspecified atom stereocenters. The van der Waals surface area contributed by atoms with Gasteiger partial charge in [0.05, 0.1) is 12.0 Å². The fourth-order valence-corrected chi connectivity index (χ4v) is 5.16. The van der Waals surface area contributed by atoms with Crippen LogP contribution in [0.3, 0.4) is 0 Å². The van der Waals surface area contributed by atoms with Gasteiger partial charge in [-0.3, -0.25) is 29.4 Å². The molecule has 3 aromatic rings. The summed E-state index contributed by atoms with van der Waals surface area (Å²) in [4.78, 5) is 53.2. The maximum atomic E-state index is 13.8. The zero-order valence-corrected chi connectivity index (χ0v) is 17.4. The summed E-state index contributed by atoms with van der Waals surface area (Å²) in [5, 5.41) is 11.2. The molecule has 0 N–H and O–H groups in total. The smallest absolute Gasteiger partial charge is 0.405 e. The lowest BCUT2D eigenvalue weighted by atomic mass is 9.71. The van der Waals surface area contributed by atoms with Gasteiger partial charge in [-0.25, -0.2) is 4.39 Å². The number of fused-ring (bicyclic) bond motifs is 1. The van der Waals surface area contributed by atoms with E-state index in [2.05, 4.69) is 0 Å². The van der Waals surface area contributed by atoms with Gasteiger partial charge in [-0.2, -0.15) is 0 Å². The van der Waals surface area contributed by atoms with E-state index in [1.54, 1.807) is 31.3 Å². The molecule has 2 atom stereocenters. The Balaban J connectivity index is 1.70. The third kappa shape index (κ3) is 2.82. The average Bonchev–Trinajstić information content (AvgIpc) is 3.47. The van der Waals surface area contributed by atoms with Crippen LogP contribution in [-0.2, 0) is 0 Å². The van der Waals surface area contributed by atoms with E-state index in [-0.39, 0.29) is 29.0 Å². The minimum atomic E-state index is -1.83. The van der Waals surface area contributed by atoms with Gasteiger partial charge in [0.15, 0.2) is 22.9 Å².